The van der Waals surface area contributed by atoms with Crippen molar-refractivity contribution in [1.29, 1.82) is 0 Å². The number of anilines is 1. The van der Waals surface area contributed by atoms with Gasteiger partial charge < -0.3 is 11.1 Å². The molecule has 0 heterocycles. The number of halogens is 1. The fourth-order valence-corrected chi connectivity index (χ4v) is 2.42. The fourth-order valence-electron chi connectivity index (χ4n) is 2.13. The minimum absolute atomic E-state index is 0.201. The van der Waals surface area contributed by atoms with Crippen LogP contribution in [0, 0.1) is 13.8 Å². The van der Waals surface area contributed by atoms with Gasteiger partial charge in [0.25, 0.3) is 5.91 Å². The third-order valence-corrected chi connectivity index (χ3v) is 3.77. The molecule has 0 spiro atoms. The number of carbonyl (C=O) groups is 1. The first-order valence-electron chi connectivity index (χ1n) is 6.37. The molecule has 108 valence electrons. The largest absolute Gasteiger partial charge is 0.389 e. The summed E-state index contributed by atoms with van der Waals surface area (Å²) >= 11 is 11.0. The standard InChI is InChI=1S/C16H15ClN2OS/c1-9-4-3-5-10(2)14(9)16(20)19-13-8-11(15(18)21)6-7-12(13)17/h3-8H,1-2H3,(H2,18,21)(H,19,20). The van der Waals surface area contributed by atoms with Gasteiger partial charge in [0, 0.05) is 11.1 Å². The van der Waals surface area contributed by atoms with Crippen LogP contribution in [0.15, 0.2) is 36.4 Å². The van der Waals surface area contributed by atoms with Crippen molar-refractivity contribution in [2.24, 2.45) is 5.73 Å². The number of hydrogen-bond donors (Lipinski definition) is 2. The molecule has 1 amide bonds. The molecule has 0 aliphatic heterocycles. The molecule has 0 saturated heterocycles. The minimum Gasteiger partial charge on any atom is -0.389 e. The Balaban J connectivity index is 2.36. The third kappa shape index (κ3) is 3.40. The lowest BCUT2D eigenvalue weighted by molar-refractivity contribution is 0.102. The number of thiocarbonyl (C=S) groups is 1. The number of nitrogens with one attached hydrogen (secondary N) is 1. The van der Waals surface area contributed by atoms with E-state index in [9.17, 15) is 4.79 Å². The Kier molecular flexibility index (Phi) is 4.60. The molecule has 0 bridgehead atoms. The van der Waals surface area contributed by atoms with Gasteiger partial charge in [0.1, 0.15) is 4.99 Å². The number of amides is 1. The van der Waals surface area contributed by atoms with E-state index in [2.05, 4.69) is 5.32 Å². The molecule has 0 atom stereocenters. The van der Waals surface area contributed by atoms with Crippen molar-refractivity contribution in [2.75, 3.05) is 5.32 Å². The Morgan fingerprint density at radius 3 is 2.38 bits per heavy atom. The van der Waals surface area contributed by atoms with E-state index in [1.165, 1.54) is 0 Å². The molecule has 0 aromatic heterocycles. The summed E-state index contributed by atoms with van der Waals surface area (Å²) in [6.07, 6.45) is 0. The van der Waals surface area contributed by atoms with Crippen LogP contribution in [0.4, 0.5) is 5.69 Å². The maximum Gasteiger partial charge on any atom is 0.256 e. The molecular weight excluding hydrogens is 304 g/mol. The SMILES string of the molecule is Cc1cccc(C)c1C(=O)Nc1cc(C(N)=S)ccc1Cl. The van der Waals surface area contributed by atoms with E-state index in [-0.39, 0.29) is 10.9 Å². The number of nitrogens with two attached hydrogens (primary N) is 1. The zero-order chi connectivity index (χ0) is 15.6. The average molecular weight is 319 g/mol. The highest BCUT2D eigenvalue weighted by Crippen LogP contribution is 2.24. The fraction of sp³-hybridized carbons (Fsp3) is 0.125. The summed E-state index contributed by atoms with van der Waals surface area (Å²) in [6, 6.07) is 10.8. The first-order valence-corrected chi connectivity index (χ1v) is 7.15. The van der Waals surface area contributed by atoms with E-state index < -0.39 is 0 Å². The molecule has 21 heavy (non-hydrogen) atoms. The van der Waals surface area contributed by atoms with Crippen molar-refractivity contribution < 1.29 is 4.79 Å². The van der Waals surface area contributed by atoms with Gasteiger partial charge in [-0.15, -0.1) is 0 Å². The van der Waals surface area contributed by atoms with E-state index in [0.29, 0.717) is 21.8 Å². The highest BCUT2D eigenvalue weighted by molar-refractivity contribution is 7.80. The van der Waals surface area contributed by atoms with Crippen LogP contribution in [0.25, 0.3) is 0 Å². The van der Waals surface area contributed by atoms with E-state index in [1.54, 1.807) is 18.2 Å². The van der Waals surface area contributed by atoms with Crippen LogP contribution >= 0.6 is 23.8 Å². The normalized spacial score (nSPS) is 10.2. The van der Waals surface area contributed by atoms with Crippen molar-refractivity contribution in [3.8, 4) is 0 Å². The summed E-state index contributed by atoms with van der Waals surface area (Å²) in [4.78, 5) is 12.7. The predicted molar refractivity (Wildman–Crippen MR) is 91.2 cm³/mol. The van der Waals surface area contributed by atoms with Gasteiger partial charge in [-0.1, -0.05) is 48.1 Å². The molecule has 0 aliphatic rings. The van der Waals surface area contributed by atoms with Crippen molar-refractivity contribution in [3.63, 3.8) is 0 Å². The highest BCUT2D eigenvalue weighted by Gasteiger charge is 2.14. The van der Waals surface area contributed by atoms with Crippen molar-refractivity contribution >= 4 is 40.4 Å². The van der Waals surface area contributed by atoms with Crippen LogP contribution in [0.1, 0.15) is 27.0 Å². The van der Waals surface area contributed by atoms with Crippen LogP contribution in [-0.4, -0.2) is 10.9 Å². The number of aryl methyl sites for hydroxylation is 2. The second kappa shape index (κ2) is 6.24. The topological polar surface area (TPSA) is 55.1 Å². The van der Waals surface area contributed by atoms with Crippen molar-refractivity contribution in [3.05, 3.63) is 63.7 Å². The third-order valence-electron chi connectivity index (χ3n) is 3.21. The maximum absolute atomic E-state index is 12.5. The quantitative estimate of drug-likeness (QED) is 0.845. The Morgan fingerprint density at radius 2 is 1.81 bits per heavy atom. The Bertz CT molecular complexity index is 708. The Hall–Kier alpha value is -1.91. The van der Waals surface area contributed by atoms with Crippen LogP contribution < -0.4 is 11.1 Å². The molecular formula is C16H15ClN2OS. The monoisotopic (exact) mass is 318 g/mol. The van der Waals surface area contributed by atoms with Crippen molar-refractivity contribution in [1.82, 2.24) is 0 Å². The smallest absolute Gasteiger partial charge is 0.256 e. The Labute approximate surface area is 134 Å². The zero-order valence-electron chi connectivity index (χ0n) is 11.7. The second-order valence-electron chi connectivity index (χ2n) is 4.78. The van der Waals surface area contributed by atoms with Gasteiger partial charge in [-0.3, -0.25) is 4.79 Å². The van der Waals surface area contributed by atoms with Gasteiger partial charge in [0.2, 0.25) is 0 Å². The van der Waals surface area contributed by atoms with E-state index >= 15 is 0 Å². The molecule has 0 unspecified atom stereocenters. The first-order chi connectivity index (χ1) is 9.90. The second-order valence-corrected chi connectivity index (χ2v) is 5.63. The van der Waals surface area contributed by atoms with E-state index in [4.69, 9.17) is 29.6 Å². The van der Waals surface area contributed by atoms with Crippen LogP contribution in [0.2, 0.25) is 5.02 Å². The summed E-state index contributed by atoms with van der Waals surface area (Å²) in [5, 5.41) is 3.26. The Morgan fingerprint density at radius 1 is 1.19 bits per heavy atom. The summed E-state index contributed by atoms with van der Waals surface area (Å²) in [5.41, 5.74) is 9.22. The summed E-state index contributed by atoms with van der Waals surface area (Å²) in [6.45, 7) is 3.80. The molecule has 2 aromatic carbocycles. The molecule has 0 aliphatic carbocycles. The van der Waals surface area contributed by atoms with Crippen molar-refractivity contribution in [2.45, 2.75) is 13.8 Å². The summed E-state index contributed by atoms with van der Waals surface area (Å²) in [7, 11) is 0. The lowest BCUT2D eigenvalue weighted by atomic mass is 10.0. The molecule has 5 heteroatoms. The minimum atomic E-state index is -0.201. The molecule has 3 nitrogen and oxygen atoms in total. The van der Waals surface area contributed by atoms with E-state index in [1.807, 2.05) is 32.0 Å². The van der Waals surface area contributed by atoms with Crippen LogP contribution in [-0.2, 0) is 0 Å². The maximum atomic E-state index is 12.5. The van der Waals surface area contributed by atoms with Gasteiger partial charge in [-0.2, -0.15) is 0 Å². The zero-order valence-corrected chi connectivity index (χ0v) is 13.3. The van der Waals surface area contributed by atoms with Crippen LogP contribution in [0.3, 0.4) is 0 Å². The van der Waals surface area contributed by atoms with Gasteiger partial charge in [0.05, 0.1) is 10.7 Å². The van der Waals surface area contributed by atoms with Gasteiger partial charge in [-0.25, -0.2) is 0 Å². The molecule has 2 aromatic rings. The molecule has 2 rings (SSSR count). The van der Waals surface area contributed by atoms with Gasteiger partial charge in [0.15, 0.2) is 0 Å². The van der Waals surface area contributed by atoms with Crippen LogP contribution in [0.5, 0.6) is 0 Å². The van der Waals surface area contributed by atoms with E-state index in [0.717, 1.165) is 11.1 Å². The summed E-state index contributed by atoms with van der Waals surface area (Å²) in [5.74, 6) is -0.201. The summed E-state index contributed by atoms with van der Waals surface area (Å²) < 4.78 is 0. The lowest BCUT2D eigenvalue weighted by Crippen LogP contribution is -2.16. The first kappa shape index (κ1) is 15.5. The number of carbonyl (C=O) groups excluding carboxylic acids is 1. The molecule has 3 N–H and O–H groups in total. The lowest BCUT2D eigenvalue weighted by Gasteiger charge is -2.12. The predicted octanol–water partition coefficient (Wildman–Crippen LogP) is 3.84. The number of benzene rings is 2. The van der Waals surface area contributed by atoms with Gasteiger partial charge >= 0.3 is 0 Å². The number of rotatable bonds is 3. The number of hydrogen-bond acceptors (Lipinski definition) is 2. The molecule has 0 saturated carbocycles. The van der Waals surface area contributed by atoms with Gasteiger partial charge in [-0.05, 0) is 37.1 Å². The molecule has 0 fully saturated rings. The highest BCUT2D eigenvalue weighted by atomic mass is 35.5. The average Bonchev–Trinajstić information content (AvgIpc) is 2.40. The molecule has 0 radical (unpaired) electrons.